The van der Waals surface area contributed by atoms with Gasteiger partial charge in [0, 0.05) is 37.4 Å². The fraction of sp³-hybridized carbons (Fsp3) is 0.650. The van der Waals surface area contributed by atoms with Crippen LogP contribution in [0.4, 0.5) is 0 Å². The van der Waals surface area contributed by atoms with Crippen molar-refractivity contribution in [2.45, 2.75) is 63.4 Å². The molecule has 0 amide bonds. The highest BCUT2D eigenvalue weighted by Gasteiger charge is 2.42. The maximum atomic E-state index is 12.6. The van der Waals surface area contributed by atoms with Crippen molar-refractivity contribution in [3.63, 3.8) is 0 Å². The number of hydrogen-bond acceptors (Lipinski definition) is 4. The number of piperidine rings is 1. The second-order valence-corrected chi connectivity index (χ2v) is 7.39. The van der Waals surface area contributed by atoms with Crippen LogP contribution in [0, 0.1) is 5.92 Å². The van der Waals surface area contributed by atoms with Crippen LogP contribution in [0.3, 0.4) is 0 Å². The summed E-state index contributed by atoms with van der Waals surface area (Å²) in [6.07, 6.45) is 5.74. The number of carbonyl (C=O) groups excluding carboxylic acids is 1. The number of carbonyl (C=O) groups is 1. The van der Waals surface area contributed by atoms with E-state index in [4.69, 9.17) is 9.47 Å². The summed E-state index contributed by atoms with van der Waals surface area (Å²) in [6.45, 7) is 2.36. The van der Waals surface area contributed by atoms with Gasteiger partial charge in [0.05, 0.1) is 13.2 Å². The van der Waals surface area contributed by atoms with Crippen molar-refractivity contribution in [2.24, 2.45) is 5.92 Å². The maximum absolute atomic E-state index is 12.6. The van der Waals surface area contributed by atoms with Gasteiger partial charge in [0.15, 0.2) is 6.29 Å². The molecule has 0 spiro atoms. The average Bonchev–Trinajstić information content (AvgIpc) is 3.19. The molecule has 0 aliphatic carbocycles. The summed E-state index contributed by atoms with van der Waals surface area (Å²) < 4.78 is 10.9. The Labute approximate surface area is 144 Å². The number of Topliss-reactive ketones (excluding diaryl/α,β-unsaturated/α-hetero) is 1. The molecule has 0 N–H and O–H groups in total. The van der Waals surface area contributed by atoms with Crippen molar-refractivity contribution in [2.75, 3.05) is 13.2 Å². The van der Waals surface area contributed by atoms with Gasteiger partial charge >= 0.3 is 0 Å². The summed E-state index contributed by atoms with van der Waals surface area (Å²) in [6, 6.07) is 11.9. The van der Waals surface area contributed by atoms with E-state index in [0.29, 0.717) is 37.5 Å². The van der Waals surface area contributed by atoms with Crippen molar-refractivity contribution in [3.8, 4) is 0 Å². The molecule has 2 bridgehead atoms. The first-order valence-electron chi connectivity index (χ1n) is 9.35. The normalized spacial score (nSPS) is 30.8. The summed E-state index contributed by atoms with van der Waals surface area (Å²) in [5.41, 5.74) is 1.38. The zero-order chi connectivity index (χ0) is 16.4. The highest BCUT2D eigenvalue weighted by Crippen LogP contribution is 2.40. The van der Waals surface area contributed by atoms with Crippen molar-refractivity contribution >= 4 is 5.78 Å². The Morgan fingerprint density at radius 2 is 1.71 bits per heavy atom. The molecule has 3 heterocycles. The minimum atomic E-state index is -0.149. The van der Waals surface area contributed by atoms with E-state index in [1.54, 1.807) is 0 Å². The van der Waals surface area contributed by atoms with Crippen LogP contribution in [0.15, 0.2) is 30.3 Å². The van der Waals surface area contributed by atoms with E-state index in [1.165, 1.54) is 18.4 Å². The number of nitrogens with zero attached hydrogens (tertiary/aromatic N) is 1. The highest BCUT2D eigenvalue weighted by atomic mass is 16.7. The maximum Gasteiger partial charge on any atom is 0.158 e. The third kappa shape index (κ3) is 3.56. The van der Waals surface area contributed by atoms with Gasteiger partial charge in [-0.1, -0.05) is 30.3 Å². The minimum absolute atomic E-state index is 0.149. The van der Waals surface area contributed by atoms with Gasteiger partial charge in [0.25, 0.3) is 0 Å². The lowest BCUT2D eigenvalue weighted by molar-refractivity contribution is -0.127. The molecule has 3 fully saturated rings. The van der Waals surface area contributed by atoms with Gasteiger partial charge in [-0.05, 0) is 31.2 Å². The fourth-order valence-electron chi connectivity index (χ4n) is 4.63. The predicted octanol–water partition coefficient (Wildman–Crippen LogP) is 3.15. The van der Waals surface area contributed by atoms with E-state index in [9.17, 15) is 4.79 Å². The standard InChI is InChI=1S/C20H27NO3/c22-19(8-9-20-23-10-11-24-20)16-12-17-6-7-18(13-16)21(17)14-15-4-2-1-3-5-15/h1-5,16-18,20H,6-14H2. The Morgan fingerprint density at radius 3 is 2.38 bits per heavy atom. The number of rotatable bonds is 6. The highest BCUT2D eigenvalue weighted by molar-refractivity contribution is 5.81. The Hall–Kier alpha value is -1.23. The smallest absolute Gasteiger partial charge is 0.158 e. The SMILES string of the molecule is O=C(CCC1OCCO1)C1CC2CCC(C1)N2Cc1ccccc1. The summed E-state index contributed by atoms with van der Waals surface area (Å²) in [5.74, 6) is 0.668. The summed E-state index contributed by atoms with van der Waals surface area (Å²) in [5, 5.41) is 0. The number of fused-ring (bicyclic) bond motifs is 2. The second-order valence-electron chi connectivity index (χ2n) is 7.39. The Morgan fingerprint density at radius 1 is 1.04 bits per heavy atom. The topological polar surface area (TPSA) is 38.8 Å². The Bertz CT molecular complexity index is 541. The molecule has 0 aromatic heterocycles. The van der Waals surface area contributed by atoms with Gasteiger partial charge in [-0.3, -0.25) is 9.69 Å². The molecular weight excluding hydrogens is 302 g/mol. The largest absolute Gasteiger partial charge is 0.350 e. The zero-order valence-electron chi connectivity index (χ0n) is 14.2. The van der Waals surface area contributed by atoms with Crippen LogP contribution in [0.1, 0.15) is 44.1 Å². The first-order chi connectivity index (χ1) is 11.8. The quantitative estimate of drug-likeness (QED) is 0.804. The number of ether oxygens (including phenoxy) is 2. The number of benzene rings is 1. The van der Waals surface area contributed by atoms with Gasteiger partial charge in [0.2, 0.25) is 0 Å². The first-order valence-corrected chi connectivity index (χ1v) is 9.35. The molecule has 4 heteroatoms. The lowest BCUT2D eigenvalue weighted by atomic mass is 9.85. The molecule has 24 heavy (non-hydrogen) atoms. The van der Waals surface area contributed by atoms with Crippen molar-refractivity contribution in [3.05, 3.63) is 35.9 Å². The molecule has 3 aliphatic rings. The van der Waals surface area contributed by atoms with Crippen LogP contribution >= 0.6 is 0 Å². The van der Waals surface area contributed by atoms with Crippen LogP contribution in [0.5, 0.6) is 0 Å². The van der Waals surface area contributed by atoms with Crippen LogP contribution in [-0.4, -0.2) is 42.3 Å². The molecule has 1 aromatic rings. The fourth-order valence-corrected chi connectivity index (χ4v) is 4.63. The van der Waals surface area contributed by atoms with Crippen LogP contribution < -0.4 is 0 Å². The molecule has 3 aliphatic heterocycles. The number of hydrogen-bond donors (Lipinski definition) is 0. The van der Waals surface area contributed by atoms with Crippen molar-refractivity contribution in [1.82, 2.24) is 4.90 Å². The van der Waals surface area contributed by atoms with E-state index < -0.39 is 0 Å². The van der Waals surface area contributed by atoms with E-state index >= 15 is 0 Å². The molecule has 4 nitrogen and oxygen atoms in total. The van der Waals surface area contributed by atoms with Gasteiger partial charge in [-0.25, -0.2) is 0 Å². The third-order valence-electron chi connectivity index (χ3n) is 5.86. The zero-order valence-corrected chi connectivity index (χ0v) is 14.2. The number of ketones is 1. The molecule has 0 radical (unpaired) electrons. The van der Waals surface area contributed by atoms with E-state index in [0.717, 1.165) is 25.8 Å². The summed E-state index contributed by atoms with van der Waals surface area (Å²) in [7, 11) is 0. The van der Waals surface area contributed by atoms with Gasteiger partial charge in [-0.2, -0.15) is 0 Å². The van der Waals surface area contributed by atoms with Crippen molar-refractivity contribution in [1.29, 1.82) is 0 Å². The lowest BCUT2D eigenvalue weighted by Gasteiger charge is -2.38. The predicted molar refractivity (Wildman–Crippen MR) is 91.5 cm³/mol. The van der Waals surface area contributed by atoms with Gasteiger partial charge < -0.3 is 9.47 Å². The van der Waals surface area contributed by atoms with E-state index in [2.05, 4.69) is 35.2 Å². The lowest BCUT2D eigenvalue weighted by Crippen LogP contribution is -2.44. The molecule has 1 aromatic carbocycles. The van der Waals surface area contributed by atoms with E-state index in [1.807, 2.05) is 0 Å². The summed E-state index contributed by atoms with van der Waals surface area (Å²) >= 11 is 0. The Balaban J connectivity index is 1.31. The molecule has 2 atom stereocenters. The third-order valence-corrected chi connectivity index (χ3v) is 5.86. The minimum Gasteiger partial charge on any atom is -0.350 e. The van der Waals surface area contributed by atoms with Crippen LogP contribution in [0.25, 0.3) is 0 Å². The molecule has 130 valence electrons. The second kappa shape index (κ2) is 7.34. The Kier molecular flexibility index (Phi) is 4.97. The monoisotopic (exact) mass is 329 g/mol. The van der Waals surface area contributed by atoms with Crippen LogP contribution in [0.2, 0.25) is 0 Å². The first kappa shape index (κ1) is 16.2. The molecule has 3 saturated heterocycles. The average molecular weight is 329 g/mol. The van der Waals surface area contributed by atoms with Crippen molar-refractivity contribution < 1.29 is 14.3 Å². The van der Waals surface area contributed by atoms with Gasteiger partial charge in [-0.15, -0.1) is 0 Å². The van der Waals surface area contributed by atoms with Gasteiger partial charge in [0.1, 0.15) is 5.78 Å². The van der Waals surface area contributed by atoms with Crippen LogP contribution in [-0.2, 0) is 20.8 Å². The molecule has 4 rings (SSSR count). The molecular formula is C20H27NO3. The van der Waals surface area contributed by atoms with E-state index in [-0.39, 0.29) is 12.2 Å². The molecule has 0 saturated carbocycles. The molecule has 2 unspecified atom stereocenters. The summed E-state index contributed by atoms with van der Waals surface area (Å²) in [4.78, 5) is 15.3.